The van der Waals surface area contributed by atoms with E-state index in [1.807, 2.05) is 13.8 Å². The van der Waals surface area contributed by atoms with Gasteiger partial charge in [0.1, 0.15) is 11.5 Å². The average Bonchev–Trinajstić information content (AvgIpc) is 2.82. The summed E-state index contributed by atoms with van der Waals surface area (Å²) in [6, 6.07) is 0.616. The van der Waals surface area contributed by atoms with Crippen LogP contribution in [-0.2, 0) is 0 Å². The van der Waals surface area contributed by atoms with Gasteiger partial charge in [-0.3, -0.25) is 4.79 Å². The second kappa shape index (κ2) is 5.80. The van der Waals surface area contributed by atoms with Crippen LogP contribution in [0.1, 0.15) is 50.0 Å². The van der Waals surface area contributed by atoms with Crippen LogP contribution in [0.4, 0.5) is 5.82 Å². The predicted octanol–water partition coefficient (Wildman–Crippen LogP) is 1.97. The summed E-state index contributed by atoms with van der Waals surface area (Å²) >= 11 is 0. The molecule has 1 aromatic heterocycles. The summed E-state index contributed by atoms with van der Waals surface area (Å²) < 4.78 is 0. The third-order valence-electron chi connectivity index (χ3n) is 3.01. The molecule has 0 unspecified atom stereocenters. The molecule has 0 bridgehead atoms. The zero-order valence-corrected chi connectivity index (χ0v) is 10.9. The number of amides is 1. The third kappa shape index (κ3) is 3.42. The van der Waals surface area contributed by atoms with Crippen molar-refractivity contribution in [1.29, 1.82) is 0 Å². The molecule has 1 aromatic rings. The Kier molecular flexibility index (Phi) is 4.12. The highest BCUT2D eigenvalue weighted by atomic mass is 16.1. The van der Waals surface area contributed by atoms with Gasteiger partial charge in [0.2, 0.25) is 0 Å². The number of anilines is 1. The van der Waals surface area contributed by atoms with Crippen molar-refractivity contribution in [2.45, 2.75) is 51.6 Å². The van der Waals surface area contributed by atoms with Crippen LogP contribution in [0.2, 0.25) is 0 Å². The van der Waals surface area contributed by atoms with Gasteiger partial charge < -0.3 is 10.6 Å². The minimum absolute atomic E-state index is 0.120. The summed E-state index contributed by atoms with van der Waals surface area (Å²) in [5.41, 5.74) is 0.385. The Morgan fingerprint density at radius 2 is 2.00 bits per heavy atom. The highest BCUT2D eigenvalue weighted by molar-refractivity contribution is 5.92. The molecule has 2 rings (SSSR count). The first-order valence-corrected chi connectivity index (χ1v) is 6.54. The fraction of sp³-hybridized carbons (Fsp3) is 0.615. The van der Waals surface area contributed by atoms with Crippen LogP contribution in [-0.4, -0.2) is 28.0 Å². The Labute approximate surface area is 107 Å². The molecule has 98 valence electrons. The maximum absolute atomic E-state index is 11.9. The van der Waals surface area contributed by atoms with Gasteiger partial charge >= 0.3 is 0 Å². The predicted molar refractivity (Wildman–Crippen MR) is 70.5 cm³/mol. The van der Waals surface area contributed by atoms with Crippen molar-refractivity contribution in [2.75, 3.05) is 5.32 Å². The number of nitrogens with one attached hydrogen (secondary N) is 2. The highest BCUT2D eigenvalue weighted by Crippen LogP contribution is 2.17. The van der Waals surface area contributed by atoms with E-state index in [4.69, 9.17) is 0 Å². The van der Waals surface area contributed by atoms with Crippen LogP contribution >= 0.6 is 0 Å². The third-order valence-corrected chi connectivity index (χ3v) is 3.01. The largest absolute Gasteiger partial charge is 0.367 e. The minimum Gasteiger partial charge on any atom is -0.367 e. The van der Waals surface area contributed by atoms with Crippen molar-refractivity contribution in [2.24, 2.45) is 0 Å². The molecule has 5 nitrogen and oxygen atoms in total. The van der Waals surface area contributed by atoms with Gasteiger partial charge in [0.25, 0.3) is 5.91 Å². The molecule has 18 heavy (non-hydrogen) atoms. The standard InChI is InChI=1S/C13H20N4O/c1-9(2)16-12-8-14-11(7-15-12)13(18)17-10-5-3-4-6-10/h7-10H,3-6H2,1-2H3,(H,15,16)(H,17,18). The number of carbonyl (C=O) groups excluding carboxylic acids is 1. The van der Waals surface area contributed by atoms with E-state index in [9.17, 15) is 4.79 Å². The number of carbonyl (C=O) groups is 1. The second-order valence-corrected chi connectivity index (χ2v) is 5.04. The van der Waals surface area contributed by atoms with Crippen molar-refractivity contribution < 1.29 is 4.79 Å². The molecule has 2 N–H and O–H groups in total. The lowest BCUT2D eigenvalue weighted by molar-refractivity contribution is 0.0932. The lowest BCUT2D eigenvalue weighted by atomic mass is 10.2. The number of aromatic nitrogens is 2. The Morgan fingerprint density at radius 3 is 2.56 bits per heavy atom. The summed E-state index contributed by atoms with van der Waals surface area (Å²) in [7, 11) is 0. The van der Waals surface area contributed by atoms with Crippen molar-refractivity contribution >= 4 is 11.7 Å². The molecule has 1 aliphatic carbocycles. The zero-order valence-electron chi connectivity index (χ0n) is 10.9. The maximum Gasteiger partial charge on any atom is 0.271 e. The molecule has 1 aliphatic rings. The Morgan fingerprint density at radius 1 is 1.28 bits per heavy atom. The summed E-state index contributed by atoms with van der Waals surface area (Å²) in [6.45, 7) is 4.06. The van der Waals surface area contributed by atoms with Crippen LogP contribution in [0.15, 0.2) is 12.4 Å². The molecule has 1 fully saturated rings. The number of rotatable bonds is 4. The molecule has 0 saturated heterocycles. The SMILES string of the molecule is CC(C)Nc1cnc(C(=O)NC2CCCC2)cn1. The molecule has 0 spiro atoms. The van der Waals surface area contributed by atoms with Gasteiger partial charge in [-0.05, 0) is 26.7 Å². The van der Waals surface area contributed by atoms with Gasteiger partial charge in [-0.15, -0.1) is 0 Å². The Hall–Kier alpha value is -1.65. The quantitative estimate of drug-likeness (QED) is 0.855. The molecular weight excluding hydrogens is 228 g/mol. The van der Waals surface area contributed by atoms with Crippen LogP contribution in [0.25, 0.3) is 0 Å². The van der Waals surface area contributed by atoms with E-state index < -0.39 is 0 Å². The van der Waals surface area contributed by atoms with Gasteiger partial charge in [0.15, 0.2) is 0 Å². The fourth-order valence-corrected chi connectivity index (χ4v) is 2.15. The lowest BCUT2D eigenvalue weighted by Gasteiger charge is -2.12. The summed E-state index contributed by atoms with van der Waals surface area (Å²) in [5, 5.41) is 6.13. The summed E-state index contributed by atoms with van der Waals surface area (Å²) in [4.78, 5) is 20.2. The first-order chi connectivity index (χ1) is 8.65. The Bertz CT molecular complexity index is 396. The maximum atomic E-state index is 11.9. The molecular formula is C13H20N4O. The topological polar surface area (TPSA) is 66.9 Å². The second-order valence-electron chi connectivity index (χ2n) is 5.04. The van der Waals surface area contributed by atoms with Crippen molar-refractivity contribution in [3.8, 4) is 0 Å². The first-order valence-electron chi connectivity index (χ1n) is 6.54. The molecule has 0 aromatic carbocycles. The monoisotopic (exact) mass is 248 g/mol. The van der Waals surface area contributed by atoms with E-state index in [0.717, 1.165) is 12.8 Å². The van der Waals surface area contributed by atoms with E-state index in [2.05, 4.69) is 20.6 Å². The average molecular weight is 248 g/mol. The molecule has 5 heteroatoms. The lowest BCUT2D eigenvalue weighted by Crippen LogP contribution is -2.33. The smallest absolute Gasteiger partial charge is 0.271 e. The normalized spacial score (nSPS) is 15.9. The molecule has 1 amide bonds. The van der Waals surface area contributed by atoms with Crippen molar-refractivity contribution in [3.05, 3.63) is 18.1 Å². The van der Waals surface area contributed by atoms with E-state index in [1.54, 1.807) is 6.20 Å². The highest BCUT2D eigenvalue weighted by Gasteiger charge is 2.18. The van der Waals surface area contributed by atoms with Gasteiger partial charge in [-0.25, -0.2) is 9.97 Å². The van der Waals surface area contributed by atoms with Gasteiger partial charge in [0.05, 0.1) is 12.4 Å². The Balaban J connectivity index is 1.93. The fourth-order valence-electron chi connectivity index (χ4n) is 2.15. The molecule has 0 atom stereocenters. The van der Waals surface area contributed by atoms with Gasteiger partial charge in [-0.1, -0.05) is 12.8 Å². The van der Waals surface area contributed by atoms with Crippen LogP contribution in [0, 0.1) is 0 Å². The minimum atomic E-state index is -0.120. The summed E-state index contributed by atoms with van der Waals surface area (Å²) in [5.74, 6) is 0.577. The number of hydrogen-bond donors (Lipinski definition) is 2. The van der Waals surface area contributed by atoms with Crippen LogP contribution < -0.4 is 10.6 Å². The van der Waals surface area contributed by atoms with Gasteiger partial charge in [0, 0.05) is 12.1 Å². The number of hydrogen-bond acceptors (Lipinski definition) is 4. The molecule has 0 radical (unpaired) electrons. The van der Waals surface area contributed by atoms with Gasteiger partial charge in [-0.2, -0.15) is 0 Å². The van der Waals surface area contributed by atoms with E-state index in [1.165, 1.54) is 19.0 Å². The van der Waals surface area contributed by atoms with E-state index in [-0.39, 0.29) is 5.91 Å². The van der Waals surface area contributed by atoms with Crippen molar-refractivity contribution in [1.82, 2.24) is 15.3 Å². The number of nitrogens with zero attached hydrogens (tertiary/aromatic N) is 2. The summed E-state index contributed by atoms with van der Waals surface area (Å²) in [6.07, 6.45) is 7.68. The van der Waals surface area contributed by atoms with Crippen molar-refractivity contribution in [3.63, 3.8) is 0 Å². The molecule has 0 aliphatic heterocycles. The molecule has 1 heterocycles. The van der Waals surface area contributed by atoms with Crippen LogP contribution in [0.5, 0.6) is 0 Å². The van der Waals surface area contributed by atoms with E-state index >= 15 is 0 Å². The molecule has 1 saturated carbocycles. The first kappa shape index (κ1) is 12.8. The zero-order chi connectivity index (χ0) is 13.0. The van der Waals surface area contributed by atoms with Crippen LogP contribution in [0.3, 0.4) is 0 Å². The van der Waals surface area contributed by atoms with E-state index in [0.29, 0.717) is 23.6 Å².